The van der Waals surface area contributed by atoms with Gasteiger partial charge in [0, 0.05) is 23.9 Å². The highest BCUT2D eigenvalue weighted by atomic mass is 16.5. The van der Waals surface area contributed by atoms with Gasteiger partial charge in [0.15, 0.2) is 0 Å². The summed E-state index contributed by atoms with van der Waals surface area (Å²) in [5.41, 5.74) is 3.78. The number of rotatable bonds is 3. The summed E-state index contributed by atoms with van der Waals surface area (Å²) in [6, 6.07) is 3.56. The lowest BCUT2D eigenvalue weighted by Gasteiger charge is -2.28. The molecule has 1 fully saturated rings. The molecule has 6 heteroatoms. The van der Waals surface area contributed by atoms with Crippen LogP contribution in [0.3, 0.4) is 0 Å². The molecule has 0 bridgehead atoms. The summed E-state index contributed by atoms with van der Waals surface area (Å²) in [5, 5.41) is 3.03. The highest BCUT2D eigenvalue weighted by Crippen LogP contribution is 2.15. The van der Waals surface area contributed by atoms with Crippen molar-refractivity contribution in [3.8, 4) is 0 Å². The number of nitrogens with one attached hydrogen (secondary N) is 2. The van der Waals surface area contributed by atoms with Crippen LogP contribution in [0.25, 0.3) is 0 Å². The van der Waals surface area contributed by atoms with Gasteiger partial charge in [-0.05, 0) is 38.8 Å². The molecule has 19 heavy (non-hydrogen) atoms. The second-order valence-electron chi connectivity index (χ2n) is 4.90. The van der Waals surface area contributed by atoms with Gasteiger partial charge >= 0.3 is 0 Å². The molecular formula is C13H20N4O2. The molecule has 1 aromatic rings. The molecule has 104 valence electrons. The fourth-order valence-corrected chi connectivity index (χ4v) is 2.27. The van der Waals surface area contributed by atoms with Crippen molar-refractivity contribution >= 4 is 11.7 Å². The van der Waals surface area contributed by atoms with E-state index in [4.69, 9.17) is 10.6 Å². The van der Waals surface area contributed by atoms with Gasteiger partial charge in [-0.1, -0.05) is 0 Å². The second-order valence-corrected chi connectivity index (χ2v) is 4.90. The number of anilines is 1. The molecule has 1 aliphatic rings. The van der Waals surface area contributed by atoms with Crippen molar-refractivity contribution in [1.82, 2.24) is 10.3 Å². The molecule has 6 nitrogen and oxygen atoms in total. The number of hydrazine groups is 1. The Morgan fingerprint density at radius 2 is 2.32 bits per heavy atom. The van der Waals surface area contributed by atoms with E-state index in [-0.39, 0.29) is 18.1 Å². The molecule has 0 aromatic carbocycles. The number of pyridine rings is 1. The number of hydrogen-bond donors (Lipinski definition) is 3. The molecule has 4 N–H and O–H groups in total. The highest BCUT2D eigenvalue weighted by Gasteiger charge is 2.21. The van der Waals surface area contributed by atoms with Gasteiger partial charge in [-0.15, -0.1) is 0 Å². The Hall–Kier alpha value is -1.66. The molecule has 0 spiro atoms. The predicted octanol–water partition coefficient (Wildman–Crippen LogP) is 0.973. The molecule has 1 aromatic heterocycles. The Balaban J connectivity index is 2.05. The van der Waals surface area contributed by atoms with Crippen molar-refractivity contribution in [3.63, 3.8) is 0 Å². The van der Waals surface area contributed by atoms with Crippen LogP contribution in [0.4, 0.5) is 5.82 Å². The van der Waals surface area contributed by atoms with Crippen LogP contribution in [-0.4, -0.2) is 29.6 Å². The number of nitrogens with zero attached hydrogens (tertiary/aromatic N) is 1. The molecule has 1 amide bonds. The predicted molar refractivity (Wildman–Crippen MR) is 72.7 cm³/mol. The van der Waals surface area contributed by atoms with Crippen LogP contribution in [0.2, 0.25) is 0 Å². The third-order valence-electron chi connectivity index (χ3n) is 3.18. The minimum atomic E-state index is -0.0962. The van der Waals surface area contributed by atoms with E-state index in [0.717, 1.165) is 18.5 Å². The van der Waals surface area contributed by atoms with Crippen LogP contribution in [0.5, 0.6) is 0 Å². The number of amides is 1. The average molecular weight is 264 g/mol. The Morgan fingerprint density at radius 1 is 1.53 bits per heavy atom. The smallest absolute Gasteiger partial charge is 0.251 e. The summed E-state index contributed by atoms with van der Waals surface area (Å²) >= 11 is 0. The van der Waals surface area contributed by atoms with Gasteiger partial charge in [-0.2, -0.15) is 0 Å². The van der Waals surface area contributed by atoms with E-state index < -0.39 is 0 Å². The minimum absolute atomic E-state index is 0.0962. The largest absolute Gasteiger partial charge is 0.378 e. The van der Waals surface area contributed by atoms with Crippen molar-refractivity contribution in [2.75, 3.05) is 12.0 Å². The van der Waals surface area contributed by atoms with Gasteiger partial charge in [0.1, 0.15) is 5.82 Å². The van der Waals surface area contributed by atoms with E-state index in [9.17, 15) is 4.79 Å². The lowest BCUT2D eigenvalue weighted by atomic mass is 10.0. The summed E-state index contributed by atoms with van der Waals surface area (Å²) < 4.78 is 5.46. The van der Waals surface area contributed by atoms with Gasteiger partial charge in [-0.25, -0.2) is 10.8 Å². The van der Waals surface area contributed by atoms with E-state index in [1.54, 1.807) is 12.1 Å². The fourth-order valence-electron chi connectivity index (χ4n) is 2.27. The van der Waals surface area contributed by atoms with Crippen molar-refractivity contribution in [2.24, 2.45) is 5.84 Å². The summed E-state index contributed by atoms with van der Waals surface area (Å²) in [7, 11) is 0. The van der Waals surface area contributed by atoms with Crippen LogP contribution in [0.15, 0.2) is 12.1 Å². The average Bonchev–Trinajstić information content (AvgIpc) is 2.38. The zero-order valence-corrected chi connectivity index (χ0v) is 11.3. The number of carbonyl (C=O) groups excluding carboxylic acids is 1. The van der Waals surface area contributed by atoms with E-state index in [1.165, 1.54) is 0 Å². The lowest BCUT2D eigenvalue weighted by molar-refractivity contribution is 0.0136. The van der Waals surface area contributed by atoms with Crippen LogP contribution >= 0.6 is 0 Å². The molecule has 0 aliphatic carbocycles. The zero-order valence-electron chi connectivity index (χ0n) is 11.3. The van der Waals surface area contributed by atoms with Gasteiger partial charge in [0.05, 0.1) is 6.10 Å². The Labute approximate surface area is 112 Å². The van der Waals surface area contributed by atoms with Gasteiger partial charge in [0.25, 0.3) is 5.91 Å². The first kappa shape index (κ1) is 13.8. The van der Waals surface area contributed by atoms with Crippen molar-refractivity contribution < 1.29 is 9.53 Å². The minimum Gasteiger partial charge on any atom is -0.378 e. The number of nitrogens with two attached hydrogens (primary N) is 1. The summed E-state index contributed by atoms with van der Waals surface area (Å²) in [6.07, 6.45) is 1.89. The van der Waals surface area contributed by atoms with E-state index in [1.807, 2.05) is 13.8 Å². The molecule has 2 atom stereocenters. The lowest BCUT2D eigenvalue weighted by Crippen LogP contribution is -2.41. The molecule has 1 saturated heterocycles. The first-order valence-electron chi connectivity index (χ1n) is 6.46. The summed E-state index contributed by atoms with van der Waals surface area (Å²) in [4.78, 5) is 16.3. The van der Waals surface area contributed by atoms with Crippen LogP contribution in [0, 0.1) is 6.92 Å². The van der Waals surface area contributed by atoms with Crippen molar-refractivity contribution in [1.29, 1.82) is 0 Å². The highest BCUT2D eigenvalue weighted by molar-refractivity contribution is 5.95. The topological polar surface area (TPSA) is 89.3 Å². The first-order chi connectivity index (χ1) is 9.08. The molecule has 0 saturated carbocycles. The Kier molecular flexibility index (Phi) is 4.34. The van der Waals surface area contributed by atoms with Crippen LogP contribution < -0.4 is 16.6 Å². The number of carbonyl (C=O) groups is 1. The molecule has 2 unspecified atom stereocenters. The fraction of sp³-hybridized carbons (Fsp3) is 0.538. The first-order valence-corrected chi connectivity index (χ1v) is 6.46. The zero-order chi connectivity index (χ0) is 13.8. The maximum atomic E-state index is 12.2. The number of hydrogen-bond acceptors (Lipinski definition) is 5. The standard InChI is InChI=1S/C13H20N4O2/c1-8-5-10(7-12(15-8)17-14)13(18)16-11-3-4-19-9(2)6-11/h5,7,9,11H,3-4,6,14H2,1-2H3,(H,15,17)(H,16,18). The summed E-state index contributed by atoms with van der Waals surface area (Å²) in [6.45, 7) is 4.54. The quantitative estimate of drug-likeness (QED) is 0.559. The SMILES string of the molecule is Cc1cc(C(=O)NC2CCOC(C)C2)cc(NN)n1. The number of aromatic nitrogens is 1. The van der Waals surface area contributed by atoms with Crippen molar-refractivity contribution in [3.05, 3.63) is 23.4 Å². The van der Waals surface area contributed by atoms with Crippen molar-refractivity contribution in [2.45, 2.75) is 38.8 Å². The van der Waals surface area contributed by atoms with Crippen LogP contribution in [0.1, 0.15) is 35.8 Å². The molecule has 0 radical (unpaired) electrons. The third-order valence-corrected chi connectivity index (χ3v) is 3.18. The maximum Gasteiger partial charge on any atom is 0.251 e. The van der Waals surface area contributed by atoms with Gasteiger partial charge < -0.3 is 15.5 Å². The van der Waals surface area contributed by atoms with Gasteiger partial charge in [-0.3, -0.25) is 4.79 Å². The number of nitrogen functional groups attached to an aromatic ring is 1. The Bertz CT molecular complexity index is 464. The van der Waals surface area contributed by atoms with E-state index >= 15 is 0 Å². The molecular weight excluding hydrogens is 244 g/mol. The van der Waals surface area contributed by atoms with Crippen LogP contribution in [-0.2, 0) is 4.74 Å². The molecule has 2 rings (SSSR count). The second kappa shape index (κ2) is 5.99. The Morgan fingerprint density at radius 3 is 3.00 bits per heavy atom. The van der Waals surface area contributed by atoms with E-state index in [2.05, 4.69) is 15.7 Å². The van der Waals surface area contributed by atoms with Gasteiger partial charge in [0.2, 0.25) is 0 Å². The summed E-state index contributed by atoms with van der Waals surface area (Å²) in [5.74, 6) is 5.72. The van der Waals surface area contributed by atoms with E-state index in [0.29, 0.717) is 18.0 Å². The molecule has 2 heterocycles. The third kappa shape index (κ3) is 3.65. The molecule has 1 aliphatic heterocycles. The monoisotopic (exact) mass is 264 g/mol. The number of aryl methyl sites for hydroxylation is 1. The number of ether oxygens (including phenoxy) is 1. The normalized spacial score (nSPS) is 22.9. The maximum absolute atomic E-state index is 12.2.